The summed E-state index contributed by atoms with van der Waals surface area (Å²) in [7, 11) is 0. The first-order valence-electron chi connectivity index (χ1n) is 4.51. The molecule has 1 unspecified atom stereocenters. The Morgan fingerprint density at radius 1 is 1.50 bits per heavy atom. The monoisotopic (exact) mass is 166 g/mol. The van der Waals surface area contributed by atoms with E-state index >= 15 is 0 Å². The Labute approximate surface area is 72.9 Å². The van der Waals surface area contributed by atoms with Crippen LogP contribution < -0.4 is 0 Å². The Bertz CT molecular complexity index is 251. The average molecular weight is 166 g/mol. The minimum atomic E-state index is 0.411. The Kier molecular flexibility index (Phi) is 1.83. The van der Waals surface area contributed by atoms with Crippen molar-refractivity contribution in [2.24, 2.45) is 5.92 Å². The number of hydrogen-bond acceptors (Lipinski definition) is 2. The molecule has 1 aliphatic carbocycles. The zero-order chi connectivity index (χ0) is 8.55. The molecule has 1 heterocycles. The first-order valence-corrected chi connectivity index (χ1v) is 4.51. The maximum Gasteiger partial charge on any atom is 0.230 e. The maximum atomic E-state index is 5.40. The van der Waals surface area contributed by atoms with E-state index in [-0.39, 0.29) is 0 Å². The zero-order valence-corrected chi connectivity index (χ0v) is 7.59. The summed E-state index contributed by atoms with van der Waals surface area (Å²) in [5, 5.41) is 0. The summed E-state index contributed by atoms with van der Waals surface area (Å²) >= 11 is 0. The van der Waals surface area contributed by atoms with Crippen molar-refractivity contribution in [2.75, 3.05) is 6.79 Å². The normalized spacial score (nSPS) is 27.5. The van der Waals surface area contributed by atoms with Crippen molar-refractivity contribution >= 4 is 0 Å². The van der Waals surface area contributed by atoms with E-state index in [0.717, 1.165) is 24.4 Å². The van der Waals surface area contributed by atoms with Gasteiger partial charge in [-0.05, 0) is 17.9 Å². The van der Waals surface area contributed by atoms with Crippen LogP contribution in [0.4, 0.5) is 0 Å². The van der Waals surface area contributed by atoms with Gasteiger partial charge >= 0.3 is 0 Å². The Balaban J connectivity index is 2.29. The third-order valence-corrected chi connectivity index (χ3v) is 2.36. The predicted molar refractivity (Wildman–Crippen MR) is 46.2 cm³/mol. The standard InChI is InChI=1S/C10H14O2/c1-3-8-4-7(2)5-9-10(8)12-6-11-9/h4,7H,3,5-6H2,1-2H3. The van der Waals surface area contributed by atoms with E-state index in [4.69, 9.17) is 9.47 Å². The lowest BCUT2D eigenvalue weighted by Crippen LogP contribution is -2.04. The average Bonchev–Trinajstić information content (AvgIpc) is 2.50. The van der Waals surface area contributed by atoms with Gasteiger partial charge < -0.3 is 9.47 Å². The van der Waals surface area contributed by atoms with E-state index in [2.05, 4.69) is 19.9 Å². The largest absolute Gasteiger partial charge is 0.458 e. The van der Waals surface area contributed by atoms with Crippen LogP contribution in [0.2, 0.25) is 0 Å². The van der Waals surface area contributed by atoms with Crippen LogP contribution in [-0.4, -0.2) is 6.79 Å². The molecule has 0 aromatic heterocycles. The van der Waals surface area contributed by atoms with Gasteiger partial charge in [0.2, 0.25) is 6.79 Å². The second-order valence-electron chi connectivity index (χ2n) is 3.39. The van der Waals surface area contributed by atoms with E-state index in [1.807, 2.05) is 0 Å². The molecular weight excluding hydrogens is 152 g/mol. The van der Waals surface area contributed by atoms with Crippen LogP contribution in [0.5, 0.6) is 0 Å². The quantitative estimate of drug-likeness (QED) is 0.596. The van der Waals surface area contributed by atoms with Crippen molar-refractivity contribution in [2.45, 2.75) is 26.7 Å². The summed E-state index contributed by atoms with van der Waals surface area (Å²) < 4.78 is 10.8. The Hall–Kier alpha value is -0.920. The summed E-state index contributed by atoms with van der Waals surface area (Å²) in [5.74, 6) is 2.66. The summed E-state index contributed by atoms with van der Waals surface area (Å²) in [4.78, 5) is 0. The van der Waals surface area contributed by atoms with Gasteiger partial charge in [0.05, 0.1) is 0 Å². The van der Waals surface area contributed by atoms with Crippen LogP contribution in [0.25, 0.3) is 0 Å². The van der Waals surface area contributed by atoms with E-state index in [1.54, 1.807) is 0 Å². The van der Waals surface area contributed by atoms with Crippen molar-refractivity contribution in [3.05, 3.63) is 23.2 Å². The number of allylic oxidation sites excluding steroid dienone is 3. The van der Waals surface area contributed by atoms with E-state index < -0.39 is 0 Å². The summed E-state index contributed by atoms with van der Waals surface area (Å²) in [6.45, 7) is 4.77. The fourth-order valence-electron chi connectivity index (χ4n) is 1.78. The van der Waals surface area contributed by atoms with Crippen molar-refractivity contribution < 1.29 is 9.47 Å². The van der Waals surface area contributed by atoms with Crippen LogP contribution in [0, 0.1) is 5.92 Å². The Morgan fingerprint density at radius 2 is 2.33 bits per heavy atom. The molecule has 0 aromatic rings. The molecule has 0 amide bonds. The molecule has 2 rings (SSSR count). The highest BCUT2D eigenvalue weighted by Crippen LogP contribution is 2.35. The molecule has 0 radical (unpaired) electrons. The minimum Gasteiger partial charge on any atom is -0.458 e. The van der Waals surface area contributed by atoms with Gasteiger partial charge in [-0.2, -0.15) is 0 Å². The molecule has 0 bridgehead atoms. The predicted octanol–water partition coefficient (Wildman–Crippen LogP) is 2.58. The van der Waals surface area contributed by atoms with Crippen molar-refractivity contribution in [1.82, 2.24) is 0 Å². The molecule has 2 aliphatic rings. The lowest BCUT2D eigenvalue weighted by Gasteiger charge is -2.16. The van der Waals surface area contributed by atoms with Crippen molar-refractivity contribution in [3.8, 4) is 0 Å². The molecule has 0 spiro atoms. The molecule has 2 heteroatoms. The third kappa shape index (κ3) is 1.11. The second-order valence-corrected chi connectivity index (χ2v) is 3.39. The molecule has 12 heavy (non-hydrogen) atoms. The summed E-state index contributed by atoms with van der Waals surface area (Å²) in [6, 6.07) is 0. The molecule has 0 saturated carbocycles. The maximum absolute atomic E-state index is 5.40. The van der Waals surface area contributed by atoms with Gasteiger partial charge in [0.1, 0.15) is 5.76 Å². The van der Waals surface area contributed by atoms with Crippen molar-refractivity contribution in [1.29, 1.82) is 0 Å². The lowest BCUT2D eigenvalue weighted by molar-refractivity contribution is 0.0710. The van der Waals surface area contributed by atoms with Gasteiger partial charge in [-0.25, -0.2) is 0 Å². The molecule has 0 saturated heterocycles. The van der Waals surface area contributed by atoms with Gasteiger partial charge in [0.25, 0.3) is 0 Å². The van der Waals surface area contributed by atoms with Crippen LogP contribution in [0.1, 0.15) is 26.7 Å². The zero-order valence-electron chi connectivity index (χ0n) is 7.59. The van der Waals surface area contributed by atoms with Crippen molar-refractivity contribution in [3.63, 3.8) is 0 Å². The molecular formula is C10H14O2. The van der Waals surface area contributed by atoms with Crippen LogP contribution in [0.3, 0.4) is 0 Å². The molecule has 0 fully saturated rings. The van der Waals surface area contributed by atoms with Crippen LogP contribution in [0.15, 0.2) is 23.2 Å². The Morgan fingerprint density at radius 3 is 3.08 bits per heavy atom. The number of ether oxygens (including phenoxy) is 2. The van der Waals surface area contributed by atoms with Gasteiger partial charge in [0, 0.05) is 6.42 Å². The number of hydrogen-bond donors (Lipinski definition) is 0. The highest BCUT2D eigenvalue weighted by atomic mass is 16.7. The highest BCUT2D eigenvalue weighted by Gasteiger charge is 2.25. The second kappa shape index (κ2) is 2.85. The van der Waals surface area contributed by atoms with Crippen LogP contribution in [-0.2, 0) is 9.47 Å². The first kappa shape index (κ1) is 7.71. The van der Waals surface area contributed by atoms with E-state index in [1.165, 1.54) is 5.57 Å². The van der Waals surface area contributed by atoms with E-state index in [9.17, 15) is 0 Å². The van der Waals surface area contributed by atoms with Gasteiger partial charge in [-0.15, -0.1) is 0 Å². The SMILES string of the molecule is CCC1=CC(C)CC2=C1OCO2. The topological polar surface area (TPSA) is 18.5 Å². The van der Waals surface area contributed by atoms with E-state index in [0.29, 0.717) is 12.7 Å². The van der Waals surface area contributed by atoms with Gasteiger partial charge in [0.15, 0.2) is 5.76 Å². The molecule has 0 aromatic carbocycles. The molecule has 66 valence electrons. The van der Waals surface area contributed by atoms with Gasteiger partial charge in [-0.1, -0.05) is 19.9 Å². The smallest absolute Gasteiger partial charge is 0.230 e. The van der Waals surface area contributed by atoms with Crippen LogP contribution >= 0.6 is 0 Å². The molecule has 1 atom stereocenters. The molecule has 0 N–H and O–H groups in total. The summed E-state index contributed by atoms with van der Waals surface area (Å²) in [6.07, 6.45) is 4.32. The number of rotatable bonds is 1. The molecule has 1 aliphatic heterocycles. The van der Waals surface area contributed by atoms with Gasteiger partial charge in [-0.3, -0.25) is 0 Å². The summed E-state index contributed by atoms with van der Waals surface area (Å²) in [5.41, 5.74) is 1.31. The molecule has 2 nitrogen and oxygen atoms in total. The third-order valence-electron chi connectivity index (χ3n) is 2.36. The lowest BCUT2D eigenvalue weighted by atomic mass is 9.94. The first-order chi connectivity index (χ1) is 5.81. The fourth-order valence-corrected chi connectivity index (χ4v) is 1.78. The fraction of sp³-hybridized carbons (Fsp3) is 0.600. The minimum absolute atomic E-state index is 0.411. The highest BCUT2D eigenvalue weighted by molar-refractivity contribution is 5.33.